The van der Waals surface area contributed by atoms with Gasteiger partial charge in [0.1, 0.15) is 0 Å². The third kappa shape index (κ3) is 2.81. The van der Waals surface area contributed by atoms with Crippen molar-refractivity contribution >= 4 is 0 Å². The Balaban J connectivity index is 2.63. The molecule has 0 aliphatic carbocycles. The molecule has 0 bridgehead atoms. The van der Waals surface area contributed by atoms with Gasteiger partial charge in [-0.1, -0.05) is 25.9 Å². The maximum Gasteiger partial charge on any atom is 0.226 e. The highest BCUT2D eigenvalue weighted by Crippen LogP contribution is 2.11. The third-order valence-electron chi connectivity index (χ3n) is 1.86. The second-order valence-electron chi connectivity index (χ2n) is 3.78. The van der Waals surface area contributed by atoms with Crippen molar-refractivity contribution in [2.24, 2.45) is 11.7 Å². The molecule has 1 aromatic rings. The van der Waals surface area contributed by atoms with Crippen molar-refractivity contribution in [3.63, 3.8) is 0 Å². The highest BCUT2D eigenvalue weighted by molar-refractivity contribution is 4.94. The van der Waals surface area contributed by atoms with Gasteiger partial charge in [-0.2, -0.15) is 4.98 Å². The first-order valence-corrected chi connectivity index (χ1v) is 4.66. The summed E-state index contributed by atoms with van der Waals surface area (Å²) < 4.78 is 5.08. The average molecular weight is 183 g/mol. The van der Waals surface area contributed by atoms with E-state index in [-0.39, 0.29) is 5.92 Å². The van der Waals surface area contributed by atoms with E-state index in [2.05, 4.69) is 24.0 Å². The van der Waals surface area contributed by atoms with Crippen molar-refractivity contribution in [2.75, 3.05) is 6.54 Å². The fourth-order valence-corrected chi connectivity index (χ4v) is 1.01. The van der Waals surface area contributed by atoms with E-state index in [0.717, 1.165) is 12.2 Å². The molecule has 1 unspecified atom stereocenters. The van der Waals surface area contributed by atoms with Crippen LogP contribution >= 0.6 is 0 Å². The van der Waals surface area contributed by atoms with Gasteiger partial charge in [-0.3, -0.25) is 0 Å². The lowest BCUT2D eigenvalue weighted by Crippen LogP contribution is -2.10. The smallest absolute Gasteiger partial charge is 0.226 e. The van der Waals surface area contributed by atoms with Crippen molar-refractivity contribution in [3.05, 3.63) is 11.7 Å². The summed E-state index contributed by atoms with van der Waals surface area (Å²) in [7, 11) is 0. The summed E-state index contributed by atoms with van der Waals surface area (Å²) in [5, 5.41) is 3.87. The van der Waals surface area contributed by atoms with Gasteiger partial charge < -0.3 is 10.3 Å². The van der Waals surface area contributed by atoms with Gasteiger partial charge >= 0.3 is 0 Å². The van der Waals surface area contributed by atoms with Crippen LogP contribution in [0.3, 0.4) is 0 Å². The Morgan fingerprint density at radius 3 is 2.62 bits per heavy atom. The van der Waals surface area contributed by atoms with Gasteiger partial charge in [-0.05, 0) is 5.92 Å². The van der Waals surface area contributed by atoms with E-state index in [9.17, 15) is 0 Å². The molecule has 4 nitrogen and oxygen atoms in total. The van der Waals surface area contributed by atoms with E-state index in [1.165, 1.54) is 0 Å². The lowest BCUT2D eigenvalue weighted by molar-refractivity contribution is 0.357. The lowest BCUT2D eigenvalue weighted by Gasteiger charge is -1.99. The van der Waals surface area contributed by atoms with Gasteiger partial charge in [0, 0.05) is 18.9 Å². The second-order valence-corrected chi connectivity index (χ2v) is 3.78. The molecule has 1 atom stereocenters. The first-order chi connectivity index (χ1) is 6.13. The Morgan fingerprint density at radius 1 is 1.38 bits per heavy atom. The molecule has 1 heterocycles. The van der Waals surface area contributed by atoms with Crippen molar-refractivity contribution < 1.29 is 4.52 Å². The molecule has 0 radical (unpaired) electrons. The highest BCUT2D eigenvalue weighted by atomic mass is 16.5. The standard InChI is InChI=1S/C9H17N3O/c1-6(2)4-8-11-9(12-13-8)7(3)5-10/h6-7H,4-5,10H2,1-3H3. The van der Waals surface area contributed by atoms with Crippen LogP contribution < -0.4 is 5.73 Å². The summed E-state index contributed by atoms with van der Waals surface area (Å²) in [6, 6.07) is 0. The summed E-state index contributed by atoms with van der Waals surface area (Å²) in [5.74, 6) is 2.16. The number of aromatic nitrogens is 2. The molecule has 0 aliphatic heterocycles. The third-order valence-corrected chi connectivity index (χ3v) is 1.86. The topological polar surface area (TPSA) is 64.9 Å². The van der Waals surface area contributed by atoms with Gasteiger partial charge in [0.25, 0.3) is 0 Å². The first kappa shape index (κ1) is 10.2. The molecule has 2 N–H and O–H groups in total. The van der Waals surface area contributed by atoms with Crippen LogP contribution in [0.5, 0.6) is 0 Å². The van der Waals surface area contributed by atoms with Crippen molar-refractivity contribution in [1.29, 1.82) is 0 Å². The van der Waals surface area contributed by atoms with Gasteiger partial charge in [0.2, 0.25) is 5.89 Å². The molecule has 74 valence electrons. The van der Waals surface area contributed by atoms with Gasteiger partial charge in [0.05, 0.1) is 0 Å². The molecule has 0 saturated carbocycles. The zero-order valence-electron chi connectivity index (χ0n) is 8.45. The molecular formula is C9H17N3O. The minimum atomic E-state index is 0.185. The Bertz CT molecular complexity index is 257. The normalized spacial score (nSPS) is 13.6. The maximum atomic E-state index is 5.49. The zero-order chi connectivity index (χ0) is 9.84. The molecule has 0 aliphatic rings. The molecule has 0 amide bonds. The number of rotatable bonds is 4. The Hall–Kier alpha value is -0.900. The van der Waals surface area contributed by atoms with E-state index in [1.807, 2.05) is 6.92 Å². The molecule has 1 aromatic heterocycles. The first-order valence-electron chi connectivity index (χ1n) is 4.66. The van der Waals surface area contributed by atoms with Crippen LogP contribution in [-0.2, 0) is 6.42 Å². The molecule has 1 rings (SSSR count). The van der Waals surface area contributed by atoms with Crippen LogP contribution in [0.25, 0.3) is 0 Å². The molecule has 4 heteroatoms. The molecule has 0 spiro atoms. The molecular weight excluding hydrogens is 166 g/mol. The summed E-state index contributed by atoms with van der Waals surface area (Å²) in [6.45, 7) is 6.79. The number of nitrogens with two attached hydrogens (primary N) is 1. The number of nitrogens with zero attached hydrogens (tertiary/aromatic N) is 2. The Labute approximate surface area is 78.5 Å². The molecule has 0 fully saturated rings. The van der Waals surface area contributed by atoms with Crippen LogP contribution in [0.4, 0.5) is 0 Å². The predicted molar refractivity (Wildman–Crippen MR) is 50.3 cm³/mol. The fourth-order valence-electron chi connectivity index (χ4n) is 1.01. The number of hydrogen-bond acceptors (Lipinski definition) is 4. The van der Waals surface area contributed by atoms with Crippen LogP contribution in [0.2, 0.25) is 0 Å². The van der Waals surface area contributed by atoms with Crippen LogP contribution in [0.1, 0.15) is 38.4 Å². The van der Waals surface area contributed by atoms with Gasteiger partial charge in [0.15, 0.2) is 5.82 Å². The van der Waals surface area contributed by atoms with Crippen molar-refractivity contribution in [2.45, 2.75) is 33.1 Å². The van der Waals surface area contributed by atoms with Crippen molar-refractivity contribution in [3.8, 4) is 0 Å². The highest BCUT2D eigenvalue weighted by Gasteiger charge is 2.12. The fraction of sp³-hybridized carbons (Fsp3) is 0.778. The Kier molecular flexibility index (Phi) is 3.42. The lowest BCUT2D eigenvalue weighted by atomic mass is 10.1. The summed E-state index contributed by atoms with van der Waals surface area (Å²) in [4.78, 5) is 4.26. The van der Waals surface area contributed by atoms with Crippen LogP contribution in [0, 0.1) is 5.92 Å². The van der Waals surface area contributed by atoms with Crippen molar-refractivity contribution in [1.82, 2.24) is 10.1 Å². The maximum absolute atomic E-state index is 5.49. The molecule has 13 heavy (non-hydrogen) atoms. The Morgan fingerprint density at radius 2 is 2.08 bits per heavy atom. The van der Waals surface area contributed by atoms with Gasteiger partial charge in [-0.15, -0.1) is 0 Å². The largest absolute Gasteiger partial charge is 0.339 e. The monoisotopic (exact) mass is 183 g/mol. The number of hydrogen-bond donors (Lipinski definition) is 1. The average Bonchev–Trinajstić information content (AvgIpc) is 2.50. The minimum Gasteiger partial charge on any atom is -0.339 e. The van der Waals surface area contributed by atoms with E-state index in [0.29, 0.717) is 18.4 Å². The minimum absolute atomic E-state index is 0.185. The summed E-state index contributed by atoms with van der Waals surface area (Å²) in [6.07, 6.45) is 0.838. The predicted octanol–water partition coefficient (Wildman–Crippen LogP) is 1.33. The van der Waals surface area contributed by atoms with E-state index < -0.39 is 0 Å². The zero-order valence-corrected chi connectivity index (χ0v) is 8.45. The van der Waals surface area contributed by atoms with Crippen LogP contribution in [-0.4, -0.2) is 16.7 Å². The van der Waals surface area contributed by atoms with Crippen LogP contribution in [0.15, 0.2) is 4.52 Å². The van der Waals surface area contributed by atoms with E-state index >= 15 is 0 Å². The SMILES string of the molecule is CC(C)Cc1nc(C(C)CN)no1. The summed E-state index contributed by atoms with van der Waals surface area (Å²) in [5.41, 5.74) is 5.49. The molecule has 0 saturated heterocycles. The van der Waals surface area contributed by atoms with E-state index in [1.54, 1.807) is 0 Å². The quantitative estimate of drug-likeness (QED) is 0.764. The second kappa shape index (κ2) is 4.37. The van der Waals surface area contributed by atoms with Gasteiger partial charge in [-0.25, -0.2) is 0 Å². The van der Waals surface area contributed by atoms with E-state index in [4.69, 9.17) is 10.3 Å². The summed E-state index contributed by atoms with van der Waals surface area (Å²) >= 11 is 0. The molecule has 0 aromatic carbocycles.